The van der Waals surface area contributed by atoms with Crippen LogP contribution in [0.15, 0.2) is 24.3 Å². The van der Waals surface area contributed by atoms with Crippen LogP contribution in [0.1, 0.15) is 37.7 Å². The third-order valence-corrected chi connectivity index (χ3v) is 4.22. The first-order valence-electron chi connectivity index (χ1n) is 7.92. The third-order valence-electron chi connectivity index (χ3n) is 4.22. The second-order valence-corrected chi connectivity index (χ2v) is 6.13. The van der Waals surface area contributed by atoms with Crippen LogP contribution in [0.5, 0.6) is 0 Å². The van der Waals surface area contributed by atoms with Crippen molar-refractivity contribution >= 4 is 5.91 Å². The summed E-state index contributed by atoms with van der Waals surface area (Å²) in [5.41, 5.74) is 0.908. The molecule has 0 bridgehead atoms. The number of carbonyl (C=O) groups is 1. The van der Waals surface area contributed by atoms with Crippen molar-refractivity contribution in [3.05, 3.63) is 35.6 Å². The number of amides is 1. The number of nitrogens with zero attached hydrogens (tertiary/aromatic N) is 1. The minimum Gasteiger partial charge on any atom is -0.342 e. The molecule has 1 aromatic rings. The van der Waals surface area contributed by atoms with E-state index in [0.29, 0.717) is 19.5 Å². The number of halogens is 4. The Morgan fingerprint density at radius 3 is 2.78 bits per heavy atom. The quantitative estimate of drug-likeness (QED) is 0.735. The summed E-state index contributed by atoms with van der Waals surface area (Å²) in [5.74, 6) is -0.422. The molecule has 2 rings (SSSR count). The van der Waals surface area contributed by atoms with Gasteiger partial charge in [-0.3, -0.25) is 4.79 Å². The van der Waals surface area contributed by atoms with Gasteiger partial charge in [-0.15, -0.1) is 0 Å². The van der Waals surface area contributed by atoms with Crippen LogP contribution in [0.3, 0.4) is 0 Å². The van der Waals surface area contributed by atoms with Crippen molar-refractivity contribution in [1.29, 1.82) is 0 Å². The van der Waals surface area contributed by atoms with Crippen LogP contribution in [0.2, 0.25) is 0 Å². The molecule has 1 aliphatic rings. The van der Waals surface area contributed by atoms with Crippen LogP contribution < -0.4 is 0 Å². The number of hydrogen-bond donors (Lipinski definition) is 0. The maximum Gasteiger partial charge on any atom is 0.389 e. The Morgan fingerprint density at radius 2 is 2.09 bits per heavy atom. The molecule has 0 spiro atoms. The molecule has 1 heterocycles. The molecule has 0 aliphatic carbocycles. The predicted octanol–water partition coefficient (Wildman–Crippen LogP) is 4.34. The molecular formula is C17H21F4NO. The lowest BCUT2D eigenvalue weighted by atomic mass is 9.91. The Hall–Kier alpha value is -1.59. The van der Waals surface area contributed by atoms with Crippen LogP contribution >= 0.6 is 0 Å². The Kier molecular flexibility index (Phi) is 6.02. The van der Waals surface area contributed by atoms with Crippen molar-refractivity contribution in [3.63, 3.8) is 0 Å². The fourth-order valence-corrected chi connectivity index (χ4v) is 3.00. The van der Waals surface area contributed by atoms with Crippen molar-refractivity contribution in [2.75, 3.05) is 13.1 Å². The van der Waals surface area contributed by atoms with Gasteiger partial charge in [-0.1, -0.05) is 12.1 Å². The number of hydrogen-bond acceptors (Lipinski definition) is 1. The maximum atomic E-state index is 13.1. The SMILES string of the molecule is O=C(CCC(F)(F)F)N1CCC[C@H](CCc2cccc(F)c2)C1. The molecule has 2 nitrogen and oxygen atoms in total. The van der Waals surface area contributed by atoms with E-state index in [4.69, 9.17) is 0 Å². The maximum absolute atomic E-state index is 13.1. The Morgan fingerprint density at radius 1 is 1.30 bits per heavy atom. The van der Waals surface area contributed by atoms with E-state index < -0.39 is 24.9 Å². The summed E-state index contributed by atoms with van der Waals surface area (Å²) in [4.78, 5) is 13.4. The van der Waals surface area contributed by atoms with Gasteiger partial charge in [0.25, 0.3) is 0 Å². The van der Waals surface area contributed by atoms with E-state index in [1.165, 1.54) is 12.1 Å². The van der Waals surface area contributed by atoms with E-state index in [1.807, 2.05) is 6.07 Å². The summed E-state index contributed by atoms with van der Waals surface area (Å²) in [6, 6.07) is 6.41. The van der Waals surface area contributed by atoms with E-state index in [9.17, 15) is 22.4 Å². The van der Waals surface area contributed by atoms with Crippen LogP contribution in [-0.4, -0.2) is 30.1 Å². The number of piperidine rings is 1. The predicted molar refractivity (Wildman–Crippen MR) is 79.3 cm³/mol. The van der Waals surface area contributed by atoms with Gasteiger partial charge < -0.3 is 4.90 Å². The van der Waals surface area contributed by atoms with Crippen molar-refractivity contribution in [2.45, 2.75) is 44.7 Å². The summed E-state index contributed by atoms with van der Waals surface area (Å²) in [6.07, 6.45) is -2.53. The smallest absolute Gasteiger partial charge is 0.342 e. The number of likely N-dealkylation sites (tertiary alicyclic amines) is 1. The molecule has 1 aliphatic heterocycles. The third kappa shape index (κ3) is 6.20. The fourth-order valence-electron chi connectivity index (χ4n) is 3.00. The first kappa shape index (κ1) is 17.8. The molecule has 0 radical (unpaired) electrons. The van der Waals surface area contributed by atoms with Gasteiger partial charge in [0.2, 0.25) is 5.91 Å². The van der Waals surface area contributed by atoms with Gasteiger partial charge >= 0.3 is 6.18 Å². The van der Waals surface area contributed by atoms with E-state index in [-0.39, 0.29) is 11.7 Å². The highest BCUT2D eigenvalue weighted by molar-refractivity contribution is 5.76. The zero-order valence-electron chi connectivity index (χ0n) is 12.9. The molecule has 1 saturated heterocycles. The zero-order chi connectivity index (χ0) is 16.9. The Bertz CT molecular complexity index is 530. The Balaban J connectivity index is 1.80. The monoisotopic (exact) mass is 331 g/mol. The van der Waals surface area contributed by atoms with E-state index in [0.717, 1.165) is 24.8 Å². The molecule has 6 heteroatoms. The minimum absolute atomic E-state index is 0.266. The van der Waals surface area contributed by atoms with E-state index >= 15 is 0 Å². The summed E-state index contributed by atoms with van der Waals surface area (Å²) >= 11 is 0. The zero-order valence-corrected chi connectivity index (χ0v) is 12.9. The second-order valence-electron chi connectivity index (χ2n) is 6.13. The van der Waals surface area contributed by atoms with Gasteiger partial charge in [0, 0.05) is 19.5 Å². The van der Waals surface area contributed by atoms with Crippen LogP contribution in [-0.2, 0) is 11.2 Å². The van der Waals surface area contributed by atoms with E-state index in [2.05, 4.69) is 0 Å². The molecule has 0 aromatic heterocycles. The highest BCUT2D eigenvalue weighted by Gasteiger charge is 2.30. The highest BCUT2D eigenvalue weighted by Crippen LogP contribution is 2.25. The number of carbonyl (C=O) groups excluding carboxylic acids is 1. The first-order valence-corrected chi connectivity index (χ1v) is 7.92. The molecular weight excluding hydrogens is 310 g/mol. The summed E-state index contributed by atoms with van der Waals surface area (Å²) in [6.45, 7) is 1.04. The molecule has 23 heavy (non-hydrogen) atoms. The molecule has 1 amide bonds. The highest BCUT2D eigenvalue weighted by atomic mass is 19.4. The summed E-state index contributed by atoms with van der Waals surface area (Å²) < 4.78 is 49.7. The van der Waals surface area contributed by atoms with Gasteiger partial charge in [0.15, 0.2) is 0 Å². The van der Waals surface area contributed by atoms with Gasteiger partial charge in [-0.25, -0.2) is 4.39 Å². The van der Waals surface area contributed by atoms with Crippen molar-refractivity contribution in [3.8, 4) is 0 Å². The molecule has 1 atom stereocenters. The molecule has 0 unspecified atom stereocenters. The van der Waals surface area contributed by atoms with Crippen LogP contribution in [0, 0.1) is 11.7 Å². The molecule has 128 valence electrons. The lowest BCUT2D eigenvalue weighted by Gasteiger charge is -2.33. The van der Waals surface area contributed by atoms with Crippen LogP contribution in [0.25, 0.3) is 0 Å². The first-order chi connectivity index (χ1) is 10.8. The average molecular weight is 331 g/mol. The minimum atomic E-state index is -4.29. The van der Waals surface area contributed by atoms with Crippen molar-refractivity contribution in [1.82, 2.24) is 4.90 Å². The largest absolute Gasteiger partial charge is 0.389 e. The van der Waals surface area contributed by atoms with Crippen molar-refractivity contribution < 1.29 is 22.4 Å². The standard InChI is InChI=1S/C17H21F4NO/c18-15-5-1-3-13(11-15)6-7-14-4-2-10-22(12-14)16(23)8-9-17(19,20)21/h1,3,5,11,14H,2,4,6-10,12H2/t14-/m1/s1. The summed E-state index contributed by atoms with van der Waals surface area (Å²) in [7, 11) is 0. The van der Waals surface area contributed by atoms with Gasteiger partial charge in [-0.2, -0.15) is 13.2 Å². The number of rotatable bonds is 5. The topological polar surface area (TPSA) is 20.3 Å². The molecule has 1 fully saturated rings. The lowest BCUT2D eigenvalue weighted by molar-refractivity contribution is -0.150. The number of alkyl halides is 3. The normalized spacial score (nSPS) is 19.0. The number of aryl methyl sites for hydroxylation is 1. The number of benzene rings is 1. The molecule has 0 saturated carbocycles. The second kappa shape index (κ2) is 7.79. The Labute approximate surface area is 133 Å². The van der Waals surface area contributed by atoms with Gasteiger partial charge in [-0.05, 0) is 49.3 Å². The molecule has 0 N–H and O–H groups in total. The van der Waals surface area contributed by atoms with Gasteiger partial charge in [0.1, 0.15) is 5.82 Å². The van der Waals surface area contributed by atoms with Crippen molar-refractivity contribution in [2.24, 2.45) is 5.92 Å². The fraction of sp³-hybridized carbons (Fsp3) is 0.588. The summed E-state index contributed by atoms with van der Waals surface area (Å²) in [5, 5.41) is 0. The lowest BCUT2D eigenvalue weighted by Crippen LogP contribution is -2.40. The van der Waals surface area contributed by atoms with Gasteiger partial charge in [0.05, 0.1) is 6.42 Å². The molecule has 1 aromatic carbocycles. The van der Waals surface area contributed by atoms with E-state index in [1.54, 1.807) is 11.0 Å². The average Bonchev–Trinajstić information content (AvgIpc) is 2.50. The van der Waals surface area contributed by atoms with Crippen LogP contribution in [0.4, 0.5) is 17.6 Å².